The average Bonchev–Trinajstić information content (AvgIpc) is 2.75. The number of hydrogen-bond acceptors (Lipinski definition) is 5. The molecule has 0 saturated carbocycles. The van der Waals surface area contributed by atoms with Crippen LogP contribution in [0.2, 0.25) is 0 Å². The SMILES string of the molecule is O=C(c1ccc(-c2cncnc2)cc1)N1CCC(N2CCSCC2)CC1. The molecule has 6 heteroatoms. The van der Waals surface area contributed by atoms with Crippen LogP contribution in [0.1, 0.15) is 23.2 Å². The number of amides is 1. The number of aromatic nitrogens is 2. The van der Waals surface area contributed by atoms with Gasteiger partial charge in [-0.15, -0.1) is 0 Å². The van der Waals surface area contributed by atoms with Gasteiger partial charge in [-0.05, 0) is 30.5 Å². The van der Waals surface area contributed by atoms with Gasteiger partial charge in [-0.25, -0.2) is 9.97 Å². The molecule has 0 unspecified atom stereocenters. The largest absolute Gasteiger partial charge is 0.339 e. The first-order chi connectivity index (χ1) is 12.8. The molecule has 2 fully saturated rings. The van der Waals surface area contributed by atoms with Crippen LogP contribution in [0.5, 0.6) is 0 Å². The van der Waals surface area contributed by atoms with Gasteiger partial charge in [0.05, 0.1) is 0 Å². The van der Waals surface area contributed by atoms with E-state index in [0.29, 0.717) is 6.04 Å². The van der Waals surface area contributed by atoms with Crippen molar-refractivity contribution in [3.8, 4) is 11.1 Å². The van der Waals surface area contributed by atoms with Crippen LogP contribution < -0.4 is 0 Å². The van der Waals surface area contributed by atoms with Gasteiger partial charge in [0.1, 0.15) is 6.33 Å². The number of benzene rings is 1. The summed E-state index contributed by atoms with van der Waals surface area (Å²) < 4.78 is 0. The molecular weight excluding hydrogens is 344 g/mol. The zero-order chi connectivity index (χ0) is 17.8. The molecule has 26 heavy (non-hydrogen) atoms. The quantitative estimate of drug-likeness (QED) is 0.834. The average molecular weight is 369 g/mol. The third kappa shape index (κ3) is 3.91. The number of hydrogen-bond donors (Lipinski definition) is 0. The van der Waals surface area contributed by atoms with E-state index in [0.717, 1.165) is 42.6 Å². The second-order valence-electron chi connectivity index (χ2n) is 6.88. The van der Waals surface area contributed by atoms with Crippen molar-refractivity contribution in [1.29, 1.82) is 0 Å². The van der Waals surface area contributed by atoms with Crippen LogP contribution in [0.25, 0.3) is 11.1 Å². The smallest absolute Gasteiger partial charge is 0.253 e. The molecule has 5 nitrogen and oxygen atoms in total. The molecule has 1 aromatic carbocycles. The van der Waals surface area contributed by atoms with E-state index in [1.54, 1.807) is 12.4 Å². The third-order valence-electron chi connectivity index (χ3n) is 5.34. The Bertz CT molecular complexity index is 723. The summed E-state index contributed by atoms with van der Waals surface area (Å²) in [5.41, 5.74) is 2.76. The van der Waals surface area contributed by atoms with Crippen molar-refractivity contribution in [2.45, 2.75) is 18.9 Å². The maximum atomic E-state index is 12.8. The molecule has 2 aliphatic heterocycles. The van der Waals surface area contributed by atoms with Crippen LogP contribution in [-0.2, 0) is 0 Å². The van der Waals surface area contributed by atoms with Gasteiger partial charge < -0.3 is 4.90 Å². The van der Waals surface area contributed by atoms with Crippen LogP contribution in [0.4, 0.5) is 0 Å². The van der Waals surface area contributed by atoms with Crippen LogP contribution in [0.3, 0.4) is 0 Å². The molecule has 0 radical (unpaired) electrons. The third-order valence-corrected chi connectivity index (χ3v) is 6.28. The number of likely N-dealkylation sites (tertiary alicyclic amines) is 1. The van der Waals surface area contributed by atoms with Gasteiger partial charge in [-0.2, -0.15) is 11.8 Å². The lowest BCUT2D eigenvalue weighted by Gasteiger charge is -2.40. The summed E-state index contributed by atoms with van der Waals surface area (Å²) in [6.07, 6.45) is 7.28. The van der Waals surface area contributed by atoms with Crippen molar-refractivity contribution < 1.29 is 4.79 Å². The number of rotatable bonds is 3. The van der Waals surface area contributed by atoms with E-state index in [2.05, 4.69) is 26.6 Å². The molecule has 136 valence electrons. The van der Waals surface area contributed by atoms with E-state index >= 15 is 0 Å². The van der Waals surface area contributed by atoms with Gasteiger partial charge in [0.15, 0.2) is 0 Å². The molecule has 4 rings (SSSR count). The fraction of sp³-hybridized carbons (Fsp3) is 0.450. The normalized spacial score (nSPS) is 19.5. The number of carbonyl (C=O) groups excluding carboxylic acids is 1. The zero-order valence-electron chi connectivity index (χ0n) is 14.9. The van der Waals surface area contributed by atoms with E-state index in [1.165, 1.54) is 30.9 Å². The summed E-state index contributed by atoms with van der Waals surface area (Å²) >= 11 is 2.05. The Hall–Kier alpha value is -1.92. The maximum absolute atomic E-state index is 12.8. The highest BCUT2D eigenvalue weighted by atomic mass is 32.2. The molecule has 0 bridgehead atoms. The molecule has 1 aromatic heterocycles. The fourth-order valence-electron chi connectivity index (χ4n) is 3.81. The lowest BCUT2D eigenvalue weighted by atomic mass is 10.0. The highest BCUT2D eigenvalue weighted by molar-refractivity contribution is 7.99. The molecule has 0 aliphatic carbocycles. The Morgan fingerprint density at radius 1 is 0.923 bits per heavy atom. The van der Waals surface area contributed by atoms with Gasteiger partial charge >= 0.3 is 0 Å². The molecule has 0 spiro atoms. The van der Waals surface area contributed by atoms with Crippen molar-refractivity contribution in [3.63, 3.8) is 0 Å². The molecule has 0 atom stereocenters. The first kappa shape index (κ1) is 17.5. The summed E-state index contributed by atoms with van der Waals surface area (Å²) in [4.78, 5) is 25.5. The zero-order valence-corrected chi connectivity index (χ0v) is 15.7. The molecule has 2 saturated heterocycles. The van der Waals surface area contributed by atoms with Crippen molar-refractivity contribution in [2.24, 2.45) is 0 Å². The van der Waals surface area contributed by atoms with E-state index < -0.39 is 0 Å². The minimum absolute atomic E-state index is 0.147. The van der Waals surface area contributed by atoms with E-state index in [9.17, 15) is 4.79 Å². The van der Waals surface area contributed by atoms with Crippen LogP contribution in [0.15, 0.2) is 43.0 Å². The topological polar surface area (TPSA) is 49.3 Å². The lowest BCUT2D eigenvalue weighted by Crippen LogP contribution is -2.49. The van der Waals surface area contributed by atoms with Crippen molar-refractivity contribution in [2.75, 3.05) is 37.7 Å². The second-order valence-corrected chi connectivity index (χ2v) is 8.10. The minimum atomic E-state index is 0.147. The lowest BCUT2D eigenvalue weighted by molar-refractivity contribution is 0.0631. The highest BCUT2D eigenvalue weighted by Gasteiger charge is 2.28. The monoisotopic (exact) mass is 368 g/mol. The summed E-state index contributed by atoms with van der Waals surface area (Å²) in [6.45, 7) is 4.13. The number of thioether (sulfide) groups is 1. The van der Waals surface area contributed by atoms with Crippen LogP contribution in [-0.4, -0.2) is 69.4 Å². The number of piperidine rings is 1. The van der Waals surface area contributed by atoms with E-state index in [-0.39, 0.29) is 5.91 Å². The highest BCUT2D eigenvalue weighted by Crippen LogP contribution is 2.23. The predicted octanol–water partition coefficient (Wildman–Crippen LogP) is 2.80. The Labute approximate surface area is 158 Å². The van der Waals surface area contributed by atoms with Crippen molar-refractivity contribution >= 4 is 17.7 Å². The van der Waals surface area contributed by atoms with Crippen LogP contribution in [0, 0.1) is 0 Å². The summed E-state index contributed by atoms with van der Waals surface area (Å²) in [6, 6.07) is 8.44. The molecular formula is C20H24N4OS. The van der Waals surface area contributed by atoms with Gasteiger partial charge in [-0.1, -0.05) is 12.1 Å². The molecule has 1 amide bonds. The standard InChI is InChI=1S/C20H24N4OS/c25-20(17-3-1-16(2-4-17)18-13-21-15-22-14-18)24-7-5-19(6-8-24)23-9-11-26-12-10-23/h1-4,13-15,19H,5-12H2. The summed E-state index contributed by atoms with van der Waals surface area (Å²) in [5, 5.41) is 0. The second kappa shape index (κ2) is 8.18. The van der Waals surface area contributed by atoms with Gasteiger partial charge in [-0.3, -0.25) is 9.69 Å². The summed E-state index contributed by atoms with van der Waals surface area (Å²) in [7, 11) is 0. The first-order valence-electron chi connectivity index (χ1n) is 9.28. The predicted molar refractivity (Wildman–Crippen MR) is 105 cm³/mol. The van der Waals surface area contributed by atoms with Gasteiger partial charge in [0.2, 0.25) is 0 Å². The van der Waals surface area contributed by atoms with Crippen molar-refractivity contribution in [3.05, 3.63) is 48.5 Å². The molecule has 2 aliphatic rings. The Morgan fingerprint density at radius 3 is 2.23 bits per heavy atom. The van der Waals surface area contributed by atoms with E-state index in [1.807, 2.05) is 29.2 Å². The van der Waals surface area contributed by atoms with Crippen molar-refractivity contribution in [1.82, 2.24) is 19.8 Å². The minimum Gasteiger partial charge on any atom is -0.339 e. The maximum Gasteiger partial charge on any atom is 0.253 e. The Kier molecular flexibility index (Phi) is 5.51. The van der Waals surface area contributed by atoms with Gasteiger partial charge in [0.25, 0.3) is 5.91 Å². The summed E-state index contributed by atoms with van der Waals surface area (Å²) in [5.74, 6) is 2.64. The Morgan fingerprint density at radius 2 is 1.58 bits per heavy atom. The molecule has 0 N–H and O–H groups in total. The molecule has 2 aromatic rings. The first-order valence-corrected chi connectivity index (χ1v) is 10.4. The van der Waals surface area contributed by atoms with E-state index in [4.69, 9.17) is 0 Å². The van der Waals surface area contributed by atoms with Crippen LogP contribution >= 0.6 is 11.8 Å². The number of nitrogens with zero attached hydrogens (tertiary/aromatic N) is 4. The molecule has 3 heterocycles. The fourth-order valence-corrected chi connectivity index (χ4v) is 4.74. The van der Waals surface area contributed by atoms with Gasteiger partial charge in [0, 0.05) is 67.2 Å². The number of carbonyl (C=O) groups is 1. The Balaban J connectivity index is 1.36.